The van der Waals surface area contributed by atoms with E-state index in [1.54, 1.807) is 12.1 Å². The Kier molecular flexibility index (Phi) is 7.58. The van der Waals surface area contributed by atoms with Crippen molar-refractivity contribution in [2.24, 2.45) is 5.92 Å². The maximum absolute atomic E-state index is 12.2. The number of amides is 1. The van der Waals surface area contributed by atoms with Gasteiger partial charge in [0.1, 0.15) is 5.75 Å². The second-order valence-corrected chi connectivity index (χ2v) is 6.46. The number of benzene rings is 1. The first kappa shape index (κ1) is 19.6. The fourth-order valence-electron chi connectivity index (χ4n) is 2.95. The van der Waals surface area contributed by atoms with Gasteiger partial charge in [-0.1, -0.05) is 26.0 Å². The molecule has 1 atom stereocenters. The summed E-state index contributed by atoms with van der Waals surface area (Å²) in [5.41, 5.74) is 0.756. The molecule has 7 heteroatoms. The van der Waals surface area contributed by atoms with Crippen LogP contribution in [0.25, 0.3) is 0 Å². The zero-order chi connectivity index (χ0) is 18.2. The number of halogens is 2. The quantitative estimate of drug-likeness (QED) is 0.777. The SMILES string of the molecule is CC(C)C(CNC(=O)Cc1ccc(OC(F)F)cc1)N1CCOCC1. The van der Waals surface area contributed by atoms with Crippen molar-refractivity contribution < 1.29 is 23.0 Å². The molecular formula is C18H26F2N2O3. The molecule has 1 aliphatic rings. The molecule has 0 aliphatic carbocycles. The Morgan fingerprint density at radius 1 is 1.24 bits per heavy atom. The van der Waals surface area contributed by atoms with Gasteiger partial charge in [-0.2, -0.15) is 8.78 Å². The van der Waals surface area contributed by atoms with E-state index in [0.29, 0.717) is 12.5 Å². The van der Waals surface area contributed by atoms with E-state index in [4.69, 9.17) is 4.74 Å². The van der Waals surface area contributed by atoms with Gasteiger partial charge < -0.3 is 14.8 Å². The van der Waals surface area contributed by atoms with Crippen molar-refractivity contribution in [3.05, 3.63) is 29.8 Å². The van der Waals surface area contributed by atoms with Crippen molar-refractivity contribution in [2.75, 3.05) is 32.8 Å². The maximum atomic E-state index is 12.2. The predicted octanol–water partition coefficient (Wildman–Crippen LogP) is 2.30. The number of alkyl halides is 2. The van der Waals surface area contributed by atoms with Gasteiger partial charge in [0.25, 0.3) is 0 Å². The molecule has 0 spiro atoms. The first-order chi connectivity index (χ1) is 12.0. The van der Waals surface area contributed by atoms with E-state index in [2.05, 4.69) is 28.8 Å². The largest absolute Gasteiger partial charge is 0.435 e. The molecule has 1 aromatic rings. The highest BCUT2D eigenvalue weighted by Crippen LogP contribution is 2.15. The third kappa shape index (κ3) is 6.59. The summed E-state index contributed by atoms with van der Waals surface area (Å²) in [6.45, 7) is 5.25. The Hall–Kier alpha value is -1.73. The zero-order valence-electron chi connectivity index (χ0n) is 14.7. The van der Waals surface area contributed by atoms with E-state index < -0.39 is 6.61 Å². The summed E-state index contributed by atoms with van der Waals surface area (Å²) >= 11 is 0. The van der Waals surface area contributed by atoms with Crippen LogP contribution in [0.3, 0.4) is 0 Å². The van der Waals surface area contributed by atoms with E-state index in [1.807, 2.05) is 0 Å². The molecule has 0 radical (unpaired) electrons. The second-order valence-electron chi connectivity index (χ2n) is 6.46. The lowest BCUT2D eigenvalue weighted by Gasteiger charge is -2.36. The Bertz CT molecular complexity index is 532. The minimum atomic E-state index is -2.85. The minimum Gasteiger partial charge on any atom is -0.435 e. The van der Waals surface area contributed by atoms with Crippen LogP contribution in [0.5, 0.6) is 5.75 Å². The molecule has 1 aliphatic heterocycles. The number of morpholine rings is 1. The monoisotopic (exact) mass is 356 g/mol. The summed E-state index contributed by atoms with van der Waals surface area (Å²) in [7, 11) is 0. The number of rotatable bonds is 8. The van der Waals surface area contributed by atoms with Crippen LogP contribution in [0.4, 0.5) is 8.78 Å². The van der Waals surface area contributed by atoms with Crippen molar-refractivity contribution in [1.82, 2.24) is 10.2 Å². The first-order valence-corrected chi connectivity index (χ1v) is 8.58. The highest BCUT2D eigenvalue weighted by Gasteiger charge is 2.24. The van der Waals surface area contributed by atoms with Crippen molar-refractivity contribution >= 4 is 5.91 Å². The lowest BCUT2D eigenvalue weighted by Crippen LogP contribution is -2.51. The van der Waals surface area contributed by atoms with Gasteiger partial charge >= 0.3 is 6.61 Å². The zero-order valence-corrected chi connectivity index (χ0v) is 14.7. The molecule has 0 saturated carbocycles. The van der Waals surface area contributed by atoms with Gasteiger partial charge in [0, 0.05) is 25.7 Å². The Labute approximate surface area is 147 Å². The average molecular weight is 356 g/mol. The van der Waals surface area contributed by atoms with Crippen LogP contribution in [0, 0.1) is 5.92 Å². The number of hydrogen-bond acceptors (Lipinski definition) is 4. The average Bonchev–Trinajstić information content (AvgIpc) is 2.57. The van der Waals surface area contributed by atoms with E-state index in [9.17, 15) is 13.6 Å². The Balaban J connectivity index is 1.82. The second kappa shape index (κ2) is 9.68. The summed E-state index contributed by atoms with van der Waals surface area (Å²) in [5.74, 6) is 0.428. The first-order valence-electron chi connectivity index (χ1n) is 8.58. The van der Waals surface area contributed by atoms with E-state index in [1.165, 1.54) is 12.1 Å². The molecule has 0 bridgehead atoms. The van der Waals surface area contributed by atoms with Crippen LogP contribution in [-0.4, -0.2) is 56.3 Å². The van der Waals surface area contributed by atoms with Crippen LogP contribution in [0.1, 0.15) is 19.4 Å². The molecule has 1 N–H and O–H groups in total. The standard InChI is InChI=1S/C18H26F2N2O3/c1-13(2)16(22-7-9-24-10-8-22)12-21-17(23)11-14-3-5-15(6-4-14)25-18(19)20/h3-6,13,16,18H,7-12H2,1-2H3,(H,21,23). The third-order valence-corrected chi connectivity index (χ3v) is 4.31. The summed E-state index contributed by atoms with van der Waals surface area (Å²) in [5, 5.41) is 2.98. The van der Waals surface area contributed by atoms with E-state index in [0.717, 1.165) is 31.9 Å². The molecule has 1 fully saturated rings. The van der Waals surface area contributed by atoms with Crippen LogP contribution in [-0.2, 0) is 16.0 Å². The lowest BCUT2D eigenvalue weighted by atomic mass is 10.0. The van der Waals surface area contributed by atoms with Gasteiger partial charge in [-0.05, 0) is 23.6 Å². The van der Waals surface area contributed by atoms with Crippen LogP contribution in [0.15, 0.2) is 24.3 Å². The number of hydrogen-bond donors (Lipinski definition) is 1. The fraction of sp³-hybridized carbons (Fsp3) is 0.611. The topological polar surface area (TPSA) is 50.8 Å². The molecule has 140 valence electrons. The van der Waals surface area contributed by atoms with Gasteiger partial charge in [-0.25, -0.2) is 0 Å². The third-order valence-electron chi connectivity index (χ3n) is 4.31. The molecule has 2 rings (SSSR count). The molecule has 1 heterocycles. The minimum absolute atomic E-state index is 0.0820. The van der Waals surface area contributed by atoms with Crippen molar-refractivity contribution in [3.8, 4) is 5.75 Å². The molecule has 25 heavy (non-hydrogen) atoms. The highest BCUT2D eigenvalue weighted by molar-refractivity contribution is 5.78. The Morgan fingerprint density at radius 2 is 1.88 bits per heavy atom. The van der Waals surface area contributed by atoms with Crippen molar-refractivity contribution in [3.63, 3.8) is 0 Å². The number of nitrogens with one attached hydrogen (secondary N) is 1. The van der Waals surface area contributed by atoms with Crippen molar-refractivity contribution in [2.45, 2.75) is 32.9 Å². The smallest absolute Gasteiger partial charge is 0.387 e. The highest BCUT2D eigenvalue weighted by atomic mass is 19.3. The molecule has 1 unspecified atom stereocenters. The normalized spacial score (nSPS) is 16.9. The van der Waals surface area contributed by atoms with Crippen LogP contribution < -0.4 is 10.1 Å². The van der Waals surface area contributed by atoms with Gasteiger partial charge in [0.15, 0.2) is 0 Å². The number of carbonyl (C=O) groups excluding carboxylic acids is 1. The molecule has 1 aromatic carbocycles. The maximum Gasteiger partial charge on any atom is 0.387 e. The van der Waals surface area contributed by atoms with Gasteiger partial charge in [0.05, 0.1) is 19.6 Å². The predicted molar refractivity (Wildman–Crippen MR) is 90.8 cm³/mol. The van der Waals surface area contributed by atoms with Crippen LogP contribution in [0.2, 0.25) is 0 Å². The summed E-state index contributed by atoms with van der Waals surface area (Å²) in [6.07, 6.45) is 0.211. The summed E-state index contributed by atoms with van der Waals surface area (Å²) < 4.78 is 33.9. The van der Waals surface area contributed by atoms with E-state index >= 15 is 0 Å². The fourth-order valence-corrected chi connectivity index (χ4v) is 2.95. The molecule has 0 aromatic heterocycles. The lowest BCUT2D eigenvalue weighted by molar-refractivity contribution is -0.120. The molecule has 1 saturated heterocycles. The van der Waals surface area contributed by atoms with Crippen molar-refractivity contribution in [1.29, 1.82) is 0 Å². The number of ether oxygens (including phenoxy) is 2. The van der Waals surface area contributed by atoms with Crippen LogP contribution >= 0.6 is 0 Å². The Morgan fingerprint density at radius 3 is 2.44 bits per heavy atom. The number of carbonyl (C=O) groups is 1. The van der Waals surface area contributed by atoms with Gasteiger partial charge in [0.2, 0.25) is 5.91 Å². The summed E-state index contributed by atoms with van der Waals surface area (Å²) in [6, 6.07) is 6.41. The van der Waals surface area contributed by atoms with Gasteiger partial charge in [-0.15, -0.1) is 0 Å². The van der Waals surface area contributed by atoms with E-state index in [-0.39, 0.29) is 24.1 Å². The van der Waals surface area contributed by atoms with Gasteiger partial charge in [-0.3, -0.25) is 9.69 Å². The summed E-state index contributed by atoms with van der Waals surface area (Å²) in [4.78, 5) is 14.5. The molecule has 1 amide bonds. The molecule has 5 nitrogen and oxygen atoms in total. The number of nitrogens with zero attached hydrogens (tertiary/aromatic N) is 1. The molecular weight excluding hydrogens is 330 g/mol.